The maximum atomic E-state index is 5.93. The highest BCUT2D eigenvalue weighted by Gasteiger charge is 2.42. The van der Waals surface area contributed by atoms with E-state index in [1.165, 1.54) is 18.4 Å². The number of para-hydroxylation sites is 4. The van der Waals surface area contributed by atoms with Gasteiger partial charge in [-0.3, -0.25) is 0 Å². The van der Waals surface area contributed by atoms with Gasteiger partial charge < -0.3 is 15.0 Å². The Morgan fingerprint density at radius 1 is 0.837 bits per heavy atom. The zero-order chi connectivity index (χ0) is 29.3. The molecule has 0 spiro atoms. The number of nitrogens with zero attached hydrogens (tertiary/aromatic N) is 5. The number of hydrogen-bond acceptors (Lipinski definition) is 6. The van der Waals surface area contributed by atoms with Crippen molar-refractivity contribution in [3.8, 4) is 11.4 Å². The summed E-state index contributed by atoms with van der Waals surface area (Å²) in [6, 6.07) is 35.0. The molecule has 7 nitrogen and oxygen atoms in total. The summed E-state index contributed by atoms with van der Waals surface area (Å²) in [5, 5.41) is 8.65. The number of aryl methyl sites for hydroxylation is 2. The van der Waals surface area contributed by atoms with Crippen LogP contribution in [0.25, 0.3) is 5.69 Å². The number of nitrogens with one attached hydrogen (secondary N) is 1. The molecule has 0 aliphatic carbocycles. The molecular formula is C36H34N6O. The Morgan fingerprint density at radius 2 is 1.58 bits per heavy atom. The minimum atomic E-state index is -0.249. The largest absolute Gasteiger partial charge is 0.496 e. The van der Waals surface area contributed by atoms with Crippen LogP contribution in [0.3, 0.4) is 0 Å². The highest BCUT2D eigenvalue weighted by molar-refractivity contribution is 6.51. The number of benzene rings is 4. The SMILES string of the molecule is CCCCc1ccc(NC2=Nc3ccccc3N3C2=Nc2c(c(C)nn2-c2ccccc2)C3c2ccccc2OC)cc1. The van der Waals surface area contributed by atoms with Crippen LogP contribution < -0.4 is 15.0 Å². The van der Waals surface area contributed by atoms with Crippen molar-refractivity contribution >= 4 is 34.6 Å². The number of amidine groups is 2. The third-order valence-electron chi connectivity index (χ3n) is 8.11. The molecule has 7 rings (SSSR count). The standard InChI is InChI=1S/C36H34N6O/c1-4-5-13-25-20-22-26(23-21-25)37-34-36-39-35-32(24(2)40-42(35)27-14-7-6-8-15-27)33(28-16-9-12-19-31(28)43-3)41(36)30-18-11-10-17-29(30)38-34/h6-12,14-23,33H,4-5,13H2,1-3H3,(H,37,38). The van der Waals surface area contributed by atoms with Gasteiger partial charge in [0.15, 0.2) is 17.5 Å². The van der Waals surface area contributed by atoms with E-state index in [1.807, 2.05) is 41.1 Å². The summed E-state index contributed by atoms with van der Waals surface area (Å²) < 4.78 is 7.88. The highest BCUT2D eigenvalue weighted by Crippen LogP contribution is 2.49. The Balaban J connectivity index is 1.43. The number of fused-ring (bicyclic) bond motifs is 4. The molecule has 0 fully saturated rings. The average Bonchev–Trinajstić information content (AvgIpc) is 3.39. The van der Waals surface area contributed by atoms with E-state index in [0.29, 0.717) is 5.84 Å². The second-order valence-corrected chi connectivity index (χ2v) is 10.9. The van der Waals surface area contributed by atoms with Crippen molar-refractivity contribution in [2.45, 2.75) is 39.2 Å². The van der Waals surface area contributed by atoms with Crippen LogP contribution in [-0.4, -0.2) is 28.6 Å². The molecule has 4 aromatic carbocycles. The lowest BCUT2D eigenvalue weighted by molar-refractivity contribution is 0.407. The summed E-state index contributed by atoms with van der Waals surface area (Å²) >= 11 is 0. The lowest BCUT2D eigenvalue weighted by Gasteiger charge is -2.41. The van der Waals surface area contributed by atoms with Gasteiger partial charge in [-0.15, -0.1) is 0 Å². The molecule has 7 heteroatoms. The fourth-order valence-corrected chi connectivity index (χ4v) is 6.01. The van der Waals surface area contributed by atoms with E-state index in [0.717, 1.165) is 63.4 Å². The average molecular weight is 567 g/mol. The molecule has 0 amide bonds. The van der Waals surface area contributed by atoms with Crippen LogP contribution in [0.4, 0.5) is 22.9 Å². The molecule has 0 saturated heterocycles. The van der Waals surface area contributed by atoms with Crippen LogP contribution in [0.15, 0.2) is 113 Å². The fraction of sp³-hybridized carbons (Fsp3) is 0.194. The second kappa shape index (κ2) is 11.2. The van der Waals surface area contributed by atoms with E-state index in [-0.39, 0.29) is 6.04 Å². The molecule has 1 unspecified atom stereocenters. The Bertz CT molecular complexity index is 1840. The van der Waals surface area contributed by atoms with Crippen LogP contribution >= 0.6 is 0 Å². The molecular weight excluding hydrogens is 532 g/mol. The summed E-state index contributed by atoms with van der Waals surface area (Å²) in [5.41, 5.74) is 8.09. The lowest BCUT2D eigenvalue weighted by atomic mass is 9.92. The number of ether oxygens (including phenoxy) is 1. The minimum absolute atomic E-state index is 0.249. The predicted octanol–water partition coefficient (Wildman–Crippen LogP) is 8.33. The number of hydrogen-bond donors (Lipinski definition) is 1. The Kier molecular flexibility index (Phi) is 6.99. The lowest BCUT2D eigenvalue weighted by Crippen LogP contribution is -2.46. The van der Waals surface area contributed by atoms with Crippen molar-refractivity contribution in [2.75, 3.05) is 17.3 Å². The maximum absolute atomic E-state index is 5.93. The number of unbranched alkanes of at least 4 members (excludes halogenated alkanes) is 1. The van der Waals surface area contributed by atoms with Gasteiger partial charge in [0.05, 0.1) is 35.9 Å². The first kappa shape index (κ1) is 26.7. The molecule has 0 saturated carbocycles. The van der Waals surface area contributed by atoms with E-state index < -0.39 is 0 Å². The summed E-state index contributed by atoms with van der Waals surface area (Å²) in [6.45, 7) is 4.28. The molecule has 1 N–H and O–H groups in total. The fourth-order valence-electron chi connectivity index (χ4n) is 6.01. The second-order valence-electron chi connectivity index (χ2n) is 10.9. The predicted molar refractivity (Wildman–Crippen MR) is 175 cm³/mol. The van der Waals surface area contributed by atoms with Crippen LogP contribution in [0.2, 0.25) is 0 Å². The Hall–Kier alpha value is -5.17. The van der Waals surface area contributed by atoms with E-state index in [4.69, 9.17) is 19.8 Å². The molecule has 2 aliphatic heterocycles. The van der Waals surface area contributed by atoms with Gasteiger partial charge in [0.25, 0.3) is 0 Å². The van der Waals surface area contributed by atoms with Gasteiger partial charge in [-0.1, -0.05) is 74.0 Å². The zero-order valence-electron chi connectivity index (χ0n) is 24.7. The smallest absolute Gasteiger partial charge is 0.179 e. The number of aliphatic imine (C=N–C) groups is 2. The van der Waals surface area contributed by atoms with Gasteiger partial charge in [-0.25, -0.2) is 14.7 Å². The quantitative estimate of drug-likeness (QED) is 0.215. The number of rotatable bonds is 7. The van der Waals surface area contributed by atoms with Crippen LogP contribution in [0.1, 0.15) is 48.2 Å². The first-order valence-electron chi connectivity index (χ1n) is 14.9. The molecule has 0 radical (unpaired) electrons. The van der Waals surface area contributed by atoms with Crippen LogP contribution in [-0.2, 0) is 6.42 Å². The van der Waals surface area contributed by atoms with Crippen molar-refractivity contribution in [2.24, 2.45) is 9.98 Å². The van der Waals surface area contributed by atoms with Crippen LogP contribution in [0.5, 0.6) is 5.75 Å². The number of anilines is 2. The molecule has 0 bridgehead atoms. The van der Waals surface area contributed by atoms with E-state index >= 15 is 0 Å². The Labute approximate surface area is 252 Å². The van der Waals surface area contributed by atoms with Crippen molar-refractivity contribution in [3.63, 3.8) is 0 Å². The molecule has 1 aromatic heterocycles. The molecule has 2 aliphatic rings. The summed E-state index contributed by atoms with van der Waals surface area (Å²) in [5.74, 6) is 3.01. The van der Waals surface area contributed by atoms with Gasteiger partial charge in [-0.05, 0) is 67.8 Å². The number of methoxy groups -OCH3 is 1. The van der Waals surface area contributed by atoms with Gasteiger partial charge in [0.2, 0.25) is 0 Å². The normalized spacial score (nSPS) is 15.1. The van der Waals surface area contributed by atoms with E-state index in [9.17, 15) is 0 Å². The van der Waals surface area contributed by atoms with E-state index in [2.05, 4.69) is 90.8 Å². The van der Waals surface area contributed by atoms with Gasteiger partial charge in [-0.2, -0.15) is 5.10 Å². The molecule has 1 atom stereocenters. The third kappa shape index (κ3) is 4.77. The number of aromatic nitrogens is 2. The molecule has 43 heavy (non-hydrogen) atoms. The van der Waals surface area contributed by atoms with Crippen molar-refractivity contribution < 1.29 is 4.74 Å². The van der Waals surface area contributed by atoms with Gasteiger partial charge in [0.1, 0.15) is 5.75 Å². The van der Waals surface area contributed by atoms with Crippen molar-refractivity contribution in [3.05, 3.63) is 126 Å². The summed E-state index contributed by atoms with van der Waals surface area (Å²) in [6.07, 6.45) is 3.45. The highest BCUT2D eigenvalue weighted by atomic mass is 16.5. The molecule has 3 heterocycles. The molecule has 5 aromatic rings. The minimum Gasteiger partial charge on any atom is -0.496 e. The van der Waals surface area contributed by atoms with Crippen molar-refractivity contribution in [1.29, 1.82) is 0 Å². The summed E-state index contributed by atoms with van der Waals surface area (Å²) in [4.78, 5) is 12.7. The van der Waals surface area contributed by atoms with Crippen LogP contribution in [0, 0.1) is 6.92 Å². The third-order valence-corrected chi connectivity index (χ3v) is 8.11. The zero-order valence-corrected chi connectivity index (χ0v) is 24.7. The van der Waals surface area contributed by atoms with Crippen molar-refractivity contribution in [1.82, 2.24) is 9.78 Å². The van der Waals surface area contributed by atoms with Gasteiger partial charge in [0, 0.05) is 16.8 Å². The first-order valence-corrected chi connectivity index (χ1v) is 14.9. The summed E-state index contributed by atoms with van der Waals surface area (Å²) in [7, 11) is 1.72. The topological polar surface area (TPSA) is 67.0 Å². The molecule has 214 valence electrons. The Morgan fingerprint density at radius 3 is 2.37 bits per heavy atom. The monoisotopic (exact) mass is 566 g/mol. The maximum Gasteiger partial charge on any atom is 0.179 e. The van der Waals surface area contributed by atoms with Gasteiger partial charge >= 0.3 is 0 Å². The first-order chi connectivity index (χ1) is 21.2. The van der Waals surface area contributed by atoms with E-state index in [1.54, 1.807) is 7.11 Å².